The Labute approximate surface area is 114 Å². The molecule has 0 aromatic heterocycles. The van der Waals surface area contributed by atoms with Crippen molar-refractivity contribution in [2.75, 3.05) is 26.2 Å². The summed E-state index contributed by atoms with van der Waals surface area (Å²) in [6.07, 6.45) is 0.996. The van der Waals surface area contributed by atoms with Gasteiger partial charge in [0, 0.05) is 25.7 Å². The molecular formula is C15H22N2O2. The van der Waals surface area contributed by atoms with Crippen LogP contribution in [0.2, 0.25) is 0 Å². The Morgan fingerprint density at radius 2 is 2.11 bits per heavy atom. The van der Waals surface area contributed by atoms with Crippen molar-refractivity contribution >= 4 is 5.91 Å². The second kappa shape index (κ2) is 6.57. The number of ether oxygens (including phenoxy) is 1. The monoisotopic (exact) mass is 262 g/mol. The lowest BCUT2D eigenvalue weighted by molar-refractivity contribution is -0.133. The van der Waals surface area contributed by atoms with Crippen molar-refractivity contribution in [3.05, 3.63) is 29.8 Å². The van der Waals surface area contributed by atoms with Crippen LogP contribution in [0.25, 0.3) is 0 Å². The molecular weight excluding hydrogens is 240 g/mol. The molecule has 4 heteroatoms. The standard InChI is InChI=1S/C15H22N2O2/c1-12-3-5-14(6-4-12)19-11-15(18)17-9-7-13(2)16-8-10-17/h3-6,13,16H,7-11H2,1-2H3. The molecule has 0 aliphatic carbocycles. The van der Waals surface area contributed by atoms with Crippen LogP contribution in [-0.4, -0.2) is 43.1 Å². The third-order valence-corrected chi connectivity index (χ3v) is 3.44. The van der Waals surface area contributed by atoms with Gasteiger partial charge in [-0.1, -0.05) is 17.7 Å². The van der Waals surface area contributed by atoms with E-state index in [1.165, 1.54) is 5.56 Å². The highest BCUT2D eigenvalue weighted by Crippen LogP contribution is 2.11. The molecule has 1 saturated heterocycles. The van der Waals surface area contributed by atoms with E-state index in [-0.39, 0.29) is 12.5 Å². The lowest BCUT2D eigenvalue weighted by atomic mass is 10.2. The smallest absolute Gasteiger partial charge is 0.260 e. The molecule has 0 bridgehead atoms. The molecule has 1 aromatic carbocycles. The predicted octanol–water partition coefficient (Wildman–Crippen LogP) is 1.58. The SMILES string of the molecule is Cc1ccc(OCC(=O)N2CCNC(C)CC2)cc1. The van der Waals surface area contributed by atoms with E-state index in [4.69, 9.17) is 4.74 Å². The van der Waals surface area contributed by atoms with Gasteiger partial charge >= 0.3 is 0 Å². The van der Waals surface area contributed by atoms with Gasteiger partial charge in [0.15, 0.2) is 6.61 Å². The summed E-state index contributed by atoms with van der Waals surface area (Å²) >= 11 is 0. The molecule has 0 radical (unpaired) electrons. The van der Waals surface area contributed by atoms with Gasteiger partial charge in [-0.3, -0.25) is 4.79 Å². The number of nitrogens with one attached hydrogen (secondary N) is 1. The van der Waals surface area contributed by atoms with E-state index in [1.54, 1.807) is 0 Å². The number of rotatable bonds is 3. The van der Waals surface area contributed by atoms with Crippen molar-refractivity contribution < 1.29 is 9.53 Å². The number of hydrogen-bond acceptors (Lipinski definition) is 3. The first-order valence-corrected chi connectivity index (χ1v) is 6.86. The first-order valence-electron chi connectivity index (χ1n) is 6.86. The molecule has 1 aliphatic heterocycles. The van der Waals surface area contributed by atoms with Gasteiger partial charge in [0.2, 0.25) is 0 Å². The minimum atomic E-state index is 0.0662. The maximum absolute atomic E-state index is 12.1. The average Bonchev–Trinajstić information content (AvgIpc) is 2.63. The van der Waals surface area contributed by atoms with Gasteiger partial charge < -0.3 is 15.0 Å². The molecule has 1 aliphatic rings. The van der Waals surface area contributed by atoms with Crippen LogP contribution in [0.1, 0.15) is 18.9 Å². The van der Waals surface area contributed by atoms with Gasteiger partial charge in [-0.25, -0.2) is 0 Å². The molecule has 1 heterocycles. The van der Waals surface area contributed by atoms with Crippen LogP contribution in [-0.2, 0) is 4.79 Å². The molecule has 1 atom stereocenters. The number of carbonyl (C=O) groups is 1. The van der Waals surface area contributed by atoms with E-state index >= 15 is 0 Å². The first kappa shape index (κ1) is 13.9. The van der Waals surface area contributed by atoms with E-state index in [0.29, 0.717) is 6.04 Å². The number of hydrogen-bond donors (Lipinski definition) is 1. The number of amides is 1. The summed E-state index contributed by atoms with van der Waals surface area (Å²) in [5.41, 5.74) is 1.19. The van der Waals surface area contributed by atoms with Gasteiger partial charge in [0.25, 0.3) is 5.91 Å². The van der Waals surface area contributed by atoms with E-state index in [1.807, 2.05) is 36.1 Å². The predicted molar refractivity (Wildman–Crippen MR) is 75.3 cm³/mol. The molecule has 2 rings (SSSR count). The highest BCUT2D eigenvalue weighted by Gasteiger charge is 2.18. The molecule has 0 spiro atoms. The Hall–Kier alpha value is -1.55. The average molecular weight is 262 g/mol. The van der Waals surface area contributed by atoms with Gasteiger partial charge in [-0.2, -0.15) is 0 Å². The summed E-state index contributed by atoms with van der Waals surface area (Å²) in [5.74, 6) is 0.816. The van der Waals surface area contributed by atoms with Crippen LogP contribution >= 0.6 is 0 Å². The lowest BCUT2D eigenvalue weighted by Crippen LogP contribution is -2.37. The van der Waals surface area contributed by atoms with Crippen molar-refractivity contribution in [3.8, 4) is 5.75 Å². The number of carbonyl (C=O) groups excluding carboxylic acids is 1. The fraction of sp³-hybridized carbons (Fsp3) is 0.533. The second-order valence-corrected chi connectivity index (χ2v) is 5.13. The van der Waals surface area contributed by atoms with Crippen LogP contribution in [0.3, 0.4) is 0 Å². The summed E-state index contributed by atoms with van der Waals surface area (Å²) in [6, 6.07) is 8.24. The second-order valence-electron chi connectivity index (χ2n) is 5.13. The van der Waals surface area contributed by atoms with Crippen molar-refractivity contribution in [2.24, 2.45) is 0 Å². The van der Waals surface area contributed by atoms with E-state index in [2.05, 4.69) is 12.2 Å². The fourth-order valence-electron chi connectivity index (χ4n) is 2.13. The minimum absolute atomic E-state index is 0.0662. The summed E-state index contributed by atoms with van der Waals surface area (Å²) in [7, 11) is 0. The zero-order valence-corrected chi connectivity index (χ0v) is 11.7. The Bertz CT molecular complexity index is 417. The van der Waals surface area contributed by atoms with Gasteiger partial charge in [-0.15, -0.1) is 0 Å². The van der Waals surface area contributed by atoms with Crippen LogP contribution in [0.4, 0.5) is 0 Å². The molecule has 19 heavy (non-hydrogen) atoms. The van der Waals surface area contributed by atoms with Gasteiger partial charge in [0.1, 0.15) is 5.75 Å². The van der Waals surface area contributed by atoms with Crippen molar-refractivity contribution in [1.82, 2.24) is 10.2 Å². The Morgan fingerprint density at radius 1 is 1.37 bits per heavy atom. The molecule has 1 aromatic rings. The number of nitrogens with zero attached hydrogens (tertiary/aromatic N) is 1. The quantitative estimate of drug-likeness (QED) is 0.899. The highest BCUT2D eigenvalue weighted by atomic mass is 16.5. The first-order chi connectivity index (χ1) is 9.15. The van der Waals surface area contributed by atoms with Crippen LogP contribution < -0.4 is 10.1 Å². The topological polar surface area (TPSA) is 41.6 Å². The van der Waals surface area contributed by atoms with E-state index in [0.717, 1.165) is 31.8 Å². The number of aryl methyl sites for hydroxylation is 1. The fourth-order valence-corrected chi connectivity index (χ4v) is 2.13. The van der Waals surface area contributed by atoms with Crippen LogP contribution in [0.5, 0.6) is 5.75 Å². The minimum Gasteiger partial charge on any atom is -0.484 e. The van der Waals surface area contributed by atoms with E-state index in [9.17, 15) is 4.79 Å². The Kier molecular flexibility index (Phi) is 4.80. The van der Waals surface area contributed by atoms with Crippen molar-refractivity contribution in [1.29, 1.82) is 0 Å². The molecule has 1 unspecified atom stereocenters. The maximum Gasteiger partial charge on any atom is 0.260 e. The normalized spacial score (nSPS) is 19.9. The van der Waals surface area contributed by atoms with E-state index < -0.39 is 0 Å². The summed E-state index contributed by atoms with van der Waals surface area (Å²) < 4.78 is 5.53. The molecule has 1 amide bonds. The maximum atomic E-state index is 12.1. The van der Waals surface area contributed by atoms with Crippen LogP contribution in [0, 0.1) is 6.92 Å². The summed E-state index contributed by atoms with van der Waals surface area (Å²) in [4.78, 5) is 14.0. The van der Waals surface area contributed by atoms with Crippen molar-refractivity contribution in [2.45, 2.75) is 26.3 Å². The van der Waals surface area contributed by atoms with Crippen LogP contribution in [0.15, 0.2) is 24.3 Å². The largest absolute Gasteiger partial charge is 0.484 e. The highest BCUT2D eigenvalue weighted by molar-refractivity contribution is 5.77. The third kappa shape index (κ3) is 4.24. The molecule has 104 valence electrons. The third-order valence-electron chi connectivity index (χ3n) is 3.44. The summed E-state index contributed by atoms with van der Waals surface area (Å²) in [5, 5.41) is 3.37. The van der Waals surface area contributed by atoms with Gasteiger partial charge in [0.05, 0.1) is 0 Å². The number of benzene rings is 1. The Balaban J connectivity index is 1.82. The van der Waals surface area contributed by atoms with Gasteiger partial charge in [-0.05, 0) is 32.4 Å². The lowest BCUT2D eigenvalue weighted by Gasteiger charge is -2.20. The molecule has 4 nitrogen and oxygen atoms in total. The molecule has 1 N–H and O–H groups in total. The molecule has 1 fully saturated rings. The van der Waals surface area contributed by atoms with Crippen molar-refractivity contribution in [3.63, 3.8) is 0 Å². The zero-order chi connectivity index (χ0) is 13.7. The Morgan fingerprint density at radius 3 is 2.84 bits per heavy atom. The molecule has 0 saturated carbocycles. The summed E-state index contributed by atoms with van der Waals surface area (Å²) in [6.45, 7) is 6.73. The zero-order valence-electron chi connectivity index (χ0n) is 11.7.